The summed E-state index contributed by atoms with van der Waals surface area (Å²) in [4.78, 5) is 13.7. The van der Waals surface area contributed by atoms with Crippen molar-refractivity contribution >= 4 is 28.7 Å². The fraction of sp³-hybridized carbons (Fsp3) is 0.389. The highest BCUT2D eigenvalue weighted by atomic mass is 32.2. The van der Waals surface area contributed by atoms with E-state index in [2.05, 4.69) is 34.1 Å². The number of hydrogen-bond acceptors (Lipinski definition) is 7. The first-order valence-electron chi connectivity index (χ1n) is 8.47. The average molecular weight is 373 g/mol. The number of rotatable bonds is 8. The lowest BCUT2D eigenvalue weighted by molar-refractivity contribution is 0.322. The standard InChI is InChI=1S/C18H23N5O2S/c1-12(2)23-11-20-15-16(21-18(22-17(15)23)26-9-8-24)19-10-13-4-6-14(25-3)7-5-13/h4-7,11-12,24H,8-10H2,1-3H3,(H,19,21,22). The molecule has 0 atom stereocenters. The minimum atomic E-state index is 0.0874. The molecule has 0 bridgehead atoms. The Hall–Kier alpha value is -2.32. The van der Waals surface area contributed by atoms with Crippen LogP contribution in [0.25, 0.3) is 11.2 Å². The van der Waals surface area contributed by atoms with Crippen LogP contribution in [0.5, 0.6) is 5.75 Å². The smallest absolute Gasteiger partial charge is 0.191 e. The van der Waals surface area contributed by atoms with E-state index in [-0.39, 0.29) is 12.6 Å². The van der Waals surface area contributed by atoms with E-state index in [0.717, 1.165) is 22.5 Å². The highest BCUT2D eigenvalue weighted by Gasteiger charge is 2.15. The molecule has 2 N–H and O–H groups in total. The molecular formula is C18H23N5O2S. The number of hydrogen-bond donors (Lipinski definition) is 2. The number of anilines is 1. The van der Waals surface area contributed by atoms with Crippen molar-refractivity contribution in [2.24, 2.45) is 0 Å². The van der Waals surface area contributed by atoms with Gasteiger partial charge in [0.2, 0.25) is 0 Å². The van der Waals surface area contributed by atoms with Crippen molar-refractivity contribution in [3.05, 3.63) is 36.2 Å². The molecule has 7 nitrogen and oxygen atoms in total. The van der Waals surface area contributed by atoms with Gasteiger partial charge < -0.3 is 19.7 Å². The lowest BCUT2D eigenvalue weighted by Crippen LogP contribution is -2.06. The summed E-state index contributed by atoms with van der Waals surface area (Å²) >= 11 is 1.43. The summed E-state index contributed by atoms with van der Waals surface area (Å²) < 4.78 is 7.22. The largest absolute Gasteiger partial charge is 0.497 e. The predicted molar refractivity (Wildman–Crippen MR) is 104 cm³/mol. The van der Waals surface area contributed by atoms with Crippen molar-refractivity contribution in [3.63, 3.8) is 0 Å². The van der Waals surface area contributed by atoms with Crippen LogP contribution in [-0.4, -0.2) is 44.1 Å². The van der Waals surface area contributed by atoms with E-state index < -0.39 is 0 Å². The van der Waals surface area contributed by atoms with Crippen LogP contribution >= 0.6 is 11.8 Å². The molecule has 1 aromatic carbocycles. The molecule has 0 saturated carbocycles. The van der Waals surface area contributed by atoms with Gasteiger partial charge in [-0.15, -0.1) is 0 Å². The second-order valence-electron chi connectivity index (χ2n) is 6.05. The van der Waals surface area contributed by atoms with Crippen LogP contribution in [0, 0.1) is 0 Å². The van der Waals surface area contributed by atoms with Gasteiger partial charge in [-0.05, 0) is 31.5 Å². The molecule has 0 amide bonds. The van der Waals surface area contributed by atoms with Gasteiger partial charge in [-0.2, -0.15) is 0 Å². The Morgan fingerprint density at radius 1 is 1.23 bits per heavy atom. The maximum atomic E-state index is 9.09. The van der Waals surface area contributed by atoms with Crippen LogP contribution in [0.15, 0.2) is 35.7 Å². The maximum absolute atomic E-state index is 9.09. The Morgan fingerprint density at radius 3 is 2.65 bits per heavy atom. The summed E-state index contributed by atoms with van der Waals surface area (Å²) in [6, 6.07) is 8.14. The molecule has 0 aliphatic heterocycles. The number of benzene rings is 1. The van der Waals surface area contributed by atoms with Crippen molar-refractivity contribution < 1.29 is 9.84 Å². The Kier molecular flexibility index (Phi) is 5.95. The van der Waals surface area contributed by atoms with Gasteiger partial charge in [0.05, 0.1) is 20.0 Å². The number of nitrogens with zero attached hydrogens (tertiary/aromatic N) is 4. The van der Waals surface area contributed by atoms with Crippen molar-refractivity contribution in [1.29, 1.82) is 0 Å². The van der Waals surface area contributed by atoms with E-state index in [0.29, 0.717) is 23.3 Å². The molecule has 3 aromatic rings. The lowest BCUT2D eigenvalue weighted by atomic mass is 10.2. The van der Waals surface area contributed by atoms with E-state index in [1.54, 1.807) is 13.4 Å². The topological polar surface area (TPSA) is 85.1 Å². The normalized spacial score (nSPS) is 11.3. The van der Waals surface area contributed by atoms with E-state index in [1.807, 2.05) is 28.8 Å². The summed E-state index contributed by atoms with van der Waals surface area (Å²) in [7, 11) is 1.65. The average Bonchev–Trinajstić information content (AvgIpc) is 3.09. The molecule has 0 radical (unpaired) electrons. The number of aromatic nitrogens is 4. The van der Waals surface area contributed by atoms with Gasteiger partial charge in [0.25, 0.3) is 0 Å². The van der Waals surface area contributed by atoms with Crippen LogP contribution in [0.1, 0.15) is 25.5 Å². The van der Waals surface area contributed by atoms with Gasteiger partial charge in [0, 0.05) is 18.3 Å². The highest BCUT2D eigenvalue weighted by molar-refractivity contribution is 7.99. The van der Waals surface area contributed by atoms with Gasteiger partial charge in [-0.1, -0.05) is 23.9 Å². The fourth-order valence-corrected chi connectivity index (χ4v) is 3.11. The highest BCUT2D eigenvalue weighted by Crippen LogP contribution is 2.26. The molecule has 2 aromatic heterocycles. The number of ether oxygens (including phenoxy) is 1. The molecule has 8 heteroatoms. The van der Waals surface area contributed by atoms with E-state index >= 15 is 0 Å². The van der Waals surface area contributed by atoms with Crippen molar-refractivity contribution in [3.8, 4) is 5.75 Å². The zero-order valence-electron chi connectivity index (χ0n) is 15.1. The minimum absolute atomic E-state index is 0.0874. The first-order valence-corrected chi connectivity index (χ1v) is 9.46. The molecule has 2 heterocycles. The molecular weight excluding hydrogens is 350 g/mol. The number of methoxy groups -OCH3 is 1. The van der Waals surface area contributed by atoms with Gasteiger partial charge in [-0.3, -0.25) is 0 Å². The number of aliphatic hydroxyl groups is 1. The second kappa shape index (κ2) is 8.37. The molecule has 0 unspecified atom stereocenters. The van der Waals surface area contributed by atoms with Crippen molar-refractivity contribution in [2.45, 2.75) is 31.6 Å². The third kappa shape index (κ3) is 4.08. The third-order valence-corrected chi connectivity index (χ3v) is 4.73. The van der Waals surface area contributed by atoms with E-state index in [4.69, 9.17) is 9.84 Å². The number of thioether (sulfide) groups is 1. The minimum Gasteiger partial charge on any atom is -0.497 e. The first kappa shape index (κ1) is 18.5. The van der Waals surface area contributed by atoms with Crippen molar-refractivity contribution in [1.82, 2.24) is 19.5 Å². The molecule has 0 fully saturated rings. The quantitative estimate of drug-likeness (QED) is 0.463. The summed E-state index contributed by atoms with van der Waals surface area (Å²) in [5.74, 6) is 2.08. The zero-order chi connectivity index (χ0) is 18.5. The summed E-state index contributed by atoms with van der Waals surface area (Å²) in [5.41, 5.74) is 2.67. The van der Waals surface area contributed by atoms with E-state index in [1.165, 1.54) is 11.8 Å². The van der Waals surface area contributed by atoms with Crippen LogP contribution < -0.4 is 10.1 Å². The van der Waals surface area contributed by atoms with Crippen LogP contribution in [0.2, 0.25) is 0 Å². The van der Waals surface area contributed by atoms with Gasteiger partial charge >= 0.3 is 0 Å². The van der Waals surface area contributed by atoms with E-state index in [9.17, 15) is 0 Å². The molecule has 0 aliphatic carbocycles. The SMILES string of the molecule is COc1ccc(CNc2nc(SCCO)nc3c2ncn3C(C)C)cc1. The fourth-order valence-electron chi connectivity index (χ4n) is 2.53. The molecule has 0 spiro atoms. The maximum Gasteiger partial charge on any atom is 0.191 e. The van der Waals surface area contributed by atoms with Crippen molar-refractivity contribution in [2.75, 3.05) is 24.8 Å². The Balaban J connectivity index is 1.89. The predicted octanol–water partition coefficient (Wildman–Crippen LogP) is 3.11. The first-order chi connectivity index (χ1) is 12.6. The van der Waals surface area contributed by atoms with Gasteiger partial charge in [0.15, 0.2) is 22.1 Å². The number of nitrogens with one attached hydrogen (secondary N) is 1. The molecule has 26 heavy (non-hydrogen) atoms. The number of aliphatic hydroxyl groups excluding tert-OH is 1. The summed E-state index contributed by atoms with van der Waals surface area (Å²) in [5, 5.41) is 13.1. The van der Waals surface area contributed by atoms with Crippen LogP contribution in [0.4, 0.5) is 5.82 Å². The Bertz CT molecular complexity index is 864. The summed E-state index contributed by atoms with van der Waals surface area (Å²) in [6.45, 7) is 4.89. The Morgan fingerprint density at radius 2 is 2.00 bits per heavy atom. The van der Waals surface area contributed by atoms with Gasteiger partial charge in [0.1, 0.15) is 5.75 Å². The number of imidazole rings is 1. The lowest BCUT2D eigenvalue weighted by Gasteiger charge is -2.11. The number of fused-ring (bicyclic) bond motifs is 1. The molecule has 3 rings (SSSR count). The van der Waals surface area contributed by atoms with Crippen LogP contribution in [-0.2, 0) is 6.54 Å². The molecule has 138 valence electrons. The monoisotopic (exact) mass is 373 g/mol. The zero-order valence-corrected chi connectivity index (χ0v) is 16.0. The van der Waals surface area contributed by atoms with Gasteiger partial charge in [-0.25, -0.2) is 15.0 Å². The molecule has 0 aliphatic rings. The van der Waals surface area contributed by atoms with Crippen LogP contribution in [0.3, 0.4) is 0 Å². The third-order valence-electron chi connectivity index (χ3n) is 3.90. The molecule has 0 saturated heterocycles. The Labute approximate surface area is 156 Å². The second-order valence-corrected chi connectivity index (χ2v) is 7.11. The summed E-state index contributed by atoms with van der Waals surface area (Å²) in [6.07, 6.45) is 1.79.